The second kappa shape index (κ2) is 8.98. The van der Waals surface area contributed by atoms with Crippen LogP contribution in [0.5, 0.6) is 0 Å². The summed E-state index contributed by atoms with van der Waals surface area (Å²) in [6, 6.07) is 11.3. The first-order chi connectivity index (χ1) is 12.7. The molecule has 0 saturated heterocycles. The van der Waals surface area contributed by atoms with Crippen molar-refractivity contribution in [3.05, 3.63) is 58.6 Å². The average molecular weight is 410 g/mol. The number of carbonyl (C=O) groups excluding carboxylic acids is 2. The number of carbonyl (C=O) groups is 2. The van der Waals surface area contributed by atoms with E-state index in [2.05, 4.69) is 10.7 Å². The van der Waals surface area contributed by atoms with Crippen molar-refractivity contribution in [1.29, 1.82) is 0 Å². The van der Waals surface area contributed by atoms with Gasteiger partial charge in [0.05, 0.1) is 4.90 Å². The summed E-state index contributed by atoms with van der Waals surface area (Å²) in [7, 11) is -3.87. The van der Waals surface area contributed by atoms with Crippen LogP contribution < -0.4 is 15.6 Å². The number of hydrazine groups is 1. The van der Waals surface area contributed by atoms with Gasteiger partial charge in [-0.15, -0.1) is 4.83 Å². The molecule has 2 aromatic carbocycles. The summed E-state index contributed by atoms with van der Waals surface area (Å²) < 4.78 is 24.2. The van der Waals surface area contributed by atoms with Gasteiger partial charge in [-0.05, 0) is 43.7 Å². The Morgan fingerprint density at radius 3 is 2.26 bits per heavy atom. The molecular weight excluding hydrogens is 390 g/mol. The molecule has 0 aromatic heterocycles. The first kappa shape index (κ1) is 20.9. The molecule has 0 radical (unpaired) electrons. The molecule has 0 saturated carbocycles. The highest BCUT2D eigenvalue weighted by Gasteiger charge is 2.15. The standard InChI is InChI=1S/C18H20ClN3O4S/c1-12-6-8-14(9-7-12)27(25,26)22-21-18(24)11-10-17(23)20-16-5-3-4-15(19)13(16)2/h3-9,22H,10-11H2,1-2H3,(H,20,23)(H,21,24). The van der Waals surface area contributed by atoms with Gasteiger partial charge in [0.25, 0.3) is 10.0 Å². The van der Waals surface area contributed by atoms with Crippen LogP contribution in [0.1, 0.15) is 24.0 Å². The minimum absolute atomic E-state index is 0.0302. The molecule has 2 rings (SSSR count). The summed E-state index contributed by atoms with van der Waals surface area (Å²) >= 11 is 5.99. The maximum absolute atomic E-state index is 12.1. The first-order valence-corrected chi connectivity index (χ1v) is 9.97. The molecular formula is C18H20ClN3O4S. The Hall–Kier alpha value is -2.42. The molecule has 0 atom stereocenters. The van der Waals surface area contributed by atoms with Crippen LogP contribution in [0.3, 0.4) is 0 Å². The SMILES string of the molecule is Cc1ccc(S(=O)(=O)NNC(=O)CCC(=O)Nc2cccc(Cl)c2C)cc1. The van der Waals surface area contributed by atoms with Gasteiger partial charge in [-0.2, -0.15) is 0 Å². The van der Waals surface area contributed by atoms with Crippen molar-refractivity contribution in [3.63, 3.8) is 0 Å². The van der Waals surface area contributed by atoms with Crippen LogP contribution in [-0.4, -0.2) is 20.2 Å². The number of rotatable bonds is 7. The molecule has 0 aliphatic carbocycles. The van der Waals surface area contributed by atoms with E-state index in [0.29, 0.717) is 10.7 Å². The van der Waals surface area contributed by atoms with E-state index in [0.717, 1.165) is 11.1 Å². The monoisotopic (exact) mass is 409 g/mol. The number of hydrogen-bond acceptors (Lipinski definition) is 4. The lowest BCUT2D eigenvalue weighted by molar-refractivity contribution is -0.124. The highest BCUT2D eigenvalue weighted by molar-refractivity contribution is 7.89. The molecule has 0 unspecified atom stereocenters. The summed E-state index contributed by atoms with van der Waals surface area (Å²) in [5.41, 5.74) is 4.30. The average Bonchev–Trinajstić information content (AvgIpc) is 2.62. The number of sulfonamides is 1. The maximum atomic E-state index is 12.1. The number of amides is 2. The van der Waals surface area contributed by atoms with E-state index in [-0.39, 0.29) is 23.6 Å². The van der Waals surface area contributed by atoms with Crippen LogP contribution in [-0.2, 0) is 19.6 Å². The highest BCUT2D eigenvalue weighted by atomic mass is 35.5. The zero-order valence-corrected chi connectivity index (χ0v) is 16.4. The Labute approximate surface area is 163 Å². The van der Waals surface area contributed by atoms with Gasteiger partial charge >= 0.3 is 0 Å². The minimum atomic E-state index is -3.87. The fraction of sp³-hybridized carbons (Fsp3) is 0.222. The van der Waals surface area contributed by atoms with Crippen LogP contribution >= 0.6 is 11.6 Å². The van der Waals surface area contributed by atoms with Crippen LogP contribution in [0.2, 0.25) is 5.02 Å². The van der Waals surface area contributed by atoms with Crippen LogP contribution in [0, 0.1) is 13.8 Å². The number of halogens is 1. The van der Waals surface area contributed by atoms with Gasteiger partial charge in [-0.25, -0.2) is 8.42 Å². The number of anilines is 1. The zero-order chi connectivity index (χ0) is 20.0. The Morgan fingerprint density at radius 2 is 1.59 bits per heavy atom. The van der Waals surface area contributed by atoms with E-state index in [1.54, 1.807) is 37.3 Å². The fourth-order valence-electron chi connectivity index (χ4n) is 2.15. The lowest BCUT2D eigenvalue weighted by Crippen LogP contribution is -2.41. The number of benzene rings is 2. The van der Waals surface area contributed by atoms with Gasteiger partial charge in [0, 0.05) is 23.6 Å². The van der Waals surface area contributed by atoms with Gasteiger partial charge < -0.3 is 5.32 Å². The predicted octanol–water partition coefficient (Wildman–Crippen LogP) is 2.69. The zero-order valence-electron chi connectivity index (χ0n) is 14.9. The smallest absolute Gasteiger partial charge is 0.257 e. The molecule has 0 aliphatic heterocycles. The molecule has 7 nitrogen and oxygen atoms in total. The number of hydrogen-bond donors (Lipinski definition) is 3. The lowest BCUT2D eigenvalue weighted by Gasteiger charge is -2.10. The molecule has 27 heavy (non-hydrogen) atoms. The Morgan fingerprint density at radius 1 is 0.963 bits per heavy atom. The van der Waals surface area contributed by atoms with Crippen molar-refractivity contribution in [3.8, 4) is 0 Å². The third kappa shape index (κ3) is 6.06. The van der Waals surface area contributed by atoms with Gasteiger partial charge in [-0.1, -0.05) is 35.4 Å². The summed E-state index contributed by atoms with van der Waals surface area (Å²) in [4.78, 5) is 25.8. The maximum Gasteiger partial charge on any atom is 0.257 e. The number of aryl methyl sites for hydroxylation is 1. The first-order valence-electron chi connectivity index (χ1n) is 8.11. The molecule has 0 heterocycles. The Bertz CT molecular complexity index is 944. The van der Waals surface area contributed by atoms with Gasteiger partial charge in [-0.3, -0.25) is 15.0 Å². The summed E-state index contributed by atoms with van der Waals surface area (Å²) in [6.07, 6.45) is -0.286. The Balaban J connectivity index is 1.82. The molecule has 2 amide bonds. The van der Waals surface area contributed by atoms with E-state index in [4.69, 9.17) is 11.6 Å². The van der Waals surface area contributed by atoms with Crippen LogP contribution in [0.4, 0.5) is 5.69 Å². The van der Waals surface area contributed by atoms with E-state index >= 15 is 0 Å². The lowest BCUT2D eigenvalue weighted by atomic mass is 10.2. The van der Waals surface area contributed by atoms with Crippen molar-refractivity contribution < 1.29 is 18.0 Å². The highest BCUT2D eigenvalue weighted by Crippen LogP contribution is 2.23. The molecule has 144 valence electrons. The van der Waals surface area contributed by atoms with Gasteiger partial charge in [0.1, 0.15) is 0 Å². The predicted molar refractivity (Wildman–Crippen MR) is 104 cm³/mol. The minimum Gasteiger partial charge on any atom is -0.326 e. The van der Waals surface area contributed by atoms with Crippen molar-refractivity contribution in [1.82, 2.24) is 10.3 Å². The molecule has 0 bridgehead atoms. The van der Waals surface area contributed by atoms with Crippen molar-refractivity contribution in [2.75, 3.05) is 5.32 Å². The molecule has 3 N–H and O–H groups in total. The van der Waals surface area contributed by atoms with Crippen molar-refractivity contribution >= 4 is 39.1 Å². The third-order valence-electron chi connectivity index (χ3n) is 3.78. The van der Waals surface area contributed by atoms with Crippen LogP contribution in [0.15, 0.2) is 47.4 Å². The van der Waals surface area contributed by atoms with Crippen molar-refractivity contribution in [2.24, 2.45) is 0 Å². The molecule has 9 heteroatoms. The Kier molecular flexibility index (Phi) is 6.95. The van der Waals surface area contributed by atoms with Crippen LogP contribution in [0.25, 0.3) is 0 Å². The second-order valence-corrected chi connectivity index (χ2v) is 8.02. The molecule has 0 fully saturated rings. The fourth-order valence-corrected chi connectivity index (χ4v) is 3.18. The topological polar surface area (TPSA) is 104 Å². The van der Waals surface area contributed by atoms with Crippen molar-refractivity contribution in [2.45, 2.75) is 31.6 Å². The quantitative estimate of drug-likeness (QED) is 0.611. The summed E-state index contributed by atoms with van der Waals surface area (Å²) in [5.74, 6) is -0.999. The molecule has 2 aromatic rings. The largest absolute Gasteiger partial charge is 0.326 e. The molecule has 0 spiro atoms. The van der Waals surface area contributed by atoms with E-state index < -0.39 is 15.9 Å². The summed E-state index contributed by atoms with van der Waals surface area (Å²) in [5, 5.41) is 3.19. The van der Waals surface area contributed by atoms with E-state index in [9.17, 15) is 18.0 Å². The number of nitrogens with one attached hydrogen (secondary N) is 3. The molecule has 0 aliphatic rings. The summed E-state index contributed by atoms with van der Waals surface area (Å²) in [6.45, 7) is 3.60. The van der Waals surface area contributed by atoms with E-state index in [1.165, 1.54) is 12.1 Å². The second-order valence-electron chi connectivity index (χ2n) is 5.93. The van der Waals surface area contributed by atoms with Gasteiger partial charge in [0.15, 0.2) is 0 Å². The third-order valence-corrected chi connectivity index (χ3v) is 5.45. The van der Waals surface area contributed by atoms with Gasteiger partial charge in [0.2, 0.25) is 11.8 Å². The van der Waals surface area contributed by atoms with E-state index in [1.807, 2.05) is 11.8 Å². The normalized spacial score (nSPS) is 11.1.